The molecule has 0 aliphatic carbocycles. The minimum absolute atomic E-state index is 0.123. The molecule has 3 aliphatic heterocycles. The third kappa shape index (κ3) is 3.12. The SMILES string of the molecule is C[C@@H]1NCC[C@H]1NCc1ccc2c(c1)CN(C1CCC(=O)NC1=O)C2=O. The summed E-state index contributed by atoms with van der Waals surface area (Å²) in [6.45, 7) is 4.41. The lowest BCUT2D eigenvalue weighted by Gasteiger charge is -2.29. The quantitative estimate of drug-likeness (QED) is 0.675. The van der Waals surface area contributed by atoms with Gasteiger partial charge in [-0.05, 0) is 43.5 Å². The first-order chi connectivity index (χ1) is 12.5. The summed E-state index contributed by atoms with van der Waals surface area (Å²) in [5, 5.41) is 9.33. The van der Waals surface area contributed by atoms with Gasteiger partial charge in [0, 0.05) is 37.2 Å². The van der Waals surface area contributed by atoms with Crippen LogP contribution in [0.25, 0.3) is 0 Å². The largest absolute Gasteiger partial charge is 0.322 e. The van der Waals surface area contributed by atoms with Gasteiger partial charge in [0.2, 0.25) is 11.8 Å². The number of amides is 3. The maximum Gasteiger partial charge on any atom is 0.255 e. The fourth-order valence-corrected chi connectivity index (χ4v) is 4.12. The monoisotopic (exact) mass is 356 g/mol. The van der Waals surface area contributed by atoms with E-state index in [4.69, 9.17) is 0 Å². The molecule has 138 valence electrons. The van der Waals surface area contributed by atoms with E-state index in [1.807, 2.05) is 12.1 Å². The number of imide groups is 1. The molecule has 7 heteroatoms. The van der Waals surface area contributed by atoms with Gasteiger partial charge in [-0.2, -0.15) is 0 Å². The van der Waals surface area contributed by atoms with Crippen molar-refractivity contribution in [2.24, 2.45) is 0 Å². The first kappa shape index (κ1) is 17.2. The zero-order chi connectivity index (χ0) is 18.3. The molecule has 4 rings (SSSR count). The molecule has 1 aromatic carbocycles. The summed E-state index contributed by atoms with van der Waals surface area (Å²) in [4.78, 5) is 37.7. The summed E-state index contributed by atoms with van der Waals surface area (Å²) in [5.74, 6) is -0.756. The standard InChI is InChI=1S/C19H24N4O3/c1-11-15(6-7-20-11)21-9-12-2-3-14-13(8-12)10-23(19(14)26)16-4-5-17(24)22-18(16)25/h2-3,8,11,15-16,20-21H,4-7,9-10H2,1H3,(H,22,24,25)/t11-,15+,16?/m0/s1. The highest BCUT2D eigenvalue weighted by Crippen LogP contribution is 2.28. The van der Waals surface area contributed by atoms with E-state index < -0.39 is 6.04 Å². The Kier molecular flexibility index (Phi) is 4.50. The van der Waals surface area contributed by atoms with Crippen molar-refractivity contribution >= 4 is 17.7 Å². The predicted octanol–water partition coefficient (Wildman–Crippen LogP) is 0.288. The fraction of sp³-hybridized carbons (Fsp3) is 0.526. The smallest absolute Gasteiger partial charge is 0.255 e. The molecule has 1 aromatic rings. The Morgan fingerprint density at radius 3 is 2.81 bits per heavy atom. The third-order valence-corrected chi connectivity index (χ3v) is 5.68. The van der Waals surface area contributed by atoms with Crippen molar-refractivity contribution in [3.8, 4) is 0 Å². The van der Waals surface area contributed by atoms with Crippen LogP contribution in [0.1, 0.15) is 47.7 Å². The highest BCUT2D eigenvalue weighted by molar-refractivity contribution is 6.05. The Labute approximate surface area is 152 Å². The van der Waals surface area contributed by atoms with Crippen molar-refractivity contribution in [3.05, 3.63) is 34.9 Å². The van der Waals surface area contributed by atoms with Crippen molar-refractivity contribution in [2.75, 3.05) is 6.54 Å². The molecule has 3 heterocycles. The molecule has 2 saturated heterocycles. The molecule has 26 heavy (non-hydrogen) atoms. The number of carbonyl (C=O) groups is 3. The van der Waals surface area contributed by atoms with Crippen LogP contribution in [0, 0.1) is 0 Å². The molecule has 2 fully saturated rings. The van der Waals surface area contributed by atoms with Gasteiger partial charge >= 0.3 is 0 Å². The molecule has 0 bridgehead atoms. The first-order valence-corrected chi connectivity index (χ1v) is 9.26. The Morgan fingerprint density at radius 1 is 1.23 bits per heavy atom. The van der Waals surface area contributed by atoms with E-state index in [0.29, 0.717) is 30.6 Å². The molecule has 1 unspecified atom stereocenters. The van der Waals surface area contributed by atoms with E-state index in [9.17, 15) is 14.4 Å². The van der Waals surface area contributed by atoms with Gasteiger partial charge in [-0.15, -0.1) is 0 Å². The van der Waals surface area contributed by atoms with E-state index in [0.717, 1.165) is 30.6 Å². The average Bonchev–Trinajstić information content (AvgIpc) is 3.16. The van der Waals surface area contributed by atoms with Crippen LogP contribution in [-0.2, 0) is 22.7 Å². The van der Waals surface area contributed by atoms with E-state index >= 15 is 0 Å². The predicted molar refractivity (Wildman–Crippen MR) is 95.2 cm³/mol. The molecule has 3 atom stereocenters. The van der Waals surface area contributed by atoms with Crippen molar-refractivity contribution in [2.45, 2.75) is 57.4 Å². The number of piperidine rings is 1. The molecular formula is C19H24N4O3. The summed E-state index contributed by atoms with van der Waals surface area (Å²) in [5.41, 5.74) is 2.76. The summed E-state index contributed by atoms with van der Waals surface area (Å²) in [6, 6.07) is 6.26. The third-order valence-electron chi connectivity index (χ3n) is 5.68. The summed E-state index contributed by atoms with van der Waals surface area (Å²) < 4.78 is 0. The summed E-state index contributed by atoms with van der Waals surface area (Å²) in [6.07, 6.45) is 1.79. The maximum absolute atomic E-state index is 12.7. The number of hydrogen-bond donors (Lipinski definition) is 3. The van der Waals surface area contributed by atoms with Gasteiger partial charge in [0.25, 0.3) is 5.91 Å². The van der Waals surface area contributed by atoms with Crippen molar-refractivity contribution in [1.29, 1.82) is 0 Å². The van der Waals surface area contributed by atoms with E-state index in [2.05, 4.69) is 28.9 Å². The van der Waals surface area contributed by atoms with Gasteiger partial charge in [-0.3, -0.25) is 19.7 Å². The van der Waals surface area contributed by atoms with Crippen LogP contribution < -0.4 is 16.0 Å². The Hall–Kier alpha value is -2.25. The second-order valence-electron chi connectivity index (χ2n) is 7.41. The van der Waals surface area contributed by atoms with Gasteiger partial charge in [0.1, 0.15) is 6.04 Å². The van der Waals surface area contributed by atoms with Gasteiger partial charge < -0.3 is 15.5 Å². The van der Waals surface area contributed by atoms with Gasteiger partial charge in [-0.25, -0.2) is 0 Å². The molecule has 0 saturated carbocycles. The van der Waals surface area contributed by atoms with Gasteiger partial charge in [0.15, 0.2) is 0 Å². The zero-order valence-corrected chi connectivity index (χ0v) is 14.9. The highest BCUT2D eigenvalue weighted by atomic mass is 16.2. The van der Waals surface area contributed by atoms with Gasteiger partial charge in [0.05, 0.1) is 0 Å². The highest BCUT2D eigenvalue weighted by Gasteiger charge is 2.39. The van der Waals surface area contributed by atoms with Crippen LogP contribution in [-0.4, -0.2) is 47.3 Å². The first-order valence-electron chi connectivity index (χ1n) is 9.26. The van der Waals surface area contributed by atoms with Crippen molar-refractivity contribution in [1.82, 2.24) is 20.9 Å². The zero-order valence-electron chi connectivity index (χ0n) is 14.9. The van der Waals surface area contributed by atoms with Gasteiger partial charge in [-0.1, -0.05) is 12.1 Å². The van der Waals surface area contributed by atoms with Crippen LogP contribution in [0.5, 0.6) is 0 Å². The Balaban J connectivity index is 1.44. The number of carbonyl (C=O) groups excluding carboxylic acids is 3. The lowest BCUT2D eigenvalue weighted by atomic mass is 10.0. The summed E-state index contributed by atoms with van der Waals surface area (Å²) >= 11 is 0. The minimum Gasteiger partial charge on any atom is -0.322 e. The number of benzene rings is 1. The minimum atomic E-state index is -0.556. The van der Waals surface area contributed by atoms with Crippen LogP contribution in [0.15, 0.2) is 18.2 Å². The van der Waals surface area contributed by atoms with Crippen LogP contribution in [0.3, 0.4) is 0 Å². The molecule has 7 nitrogen and oxygen atoms in total. The number of fused-ring (bicyclic) bond motifs is 1. The molecule has 3 N–H and O–H groups in total. The number of hydrogen-bond acceptors (Lipinski definition) is 5. The number of nitrogens with one attached hydrogen (secondary N) is 3. The van der Waals surface area contributed by atoms with E-state index in [1.54, 1.807) is 4.90 Å². The fourth-order valence-electron chi connectivity index (χ4n) is 4.12. The average molecular weight is 356 g/mol. The summed E-state index contributed by atoms with van der Waals surface area (Å²) in [7, 11) is 0. The topological polar surface area (TPSA) is 90.5 Å². The molecular weight excluding hydrogens is 332 g/mol. The molecule has 0 radical (unpaired) electrons. The second-order valence-corrected chi connectivity index (χ2v) is 7.41. The number of nitrogens with zero attached hydrogens (tertiary/aromatic N) is 1. The normalized spacial score (nSPS) is 28.4. The Morgan fingerprint density at radius 2 is 2.08 bits per heavy atom. The lowest BCUT2D eigenvalue weighted by Crippen LogP contribution is -2.52. The van der Waals surface area contributed by atoms with Crippen molar-refractivity contribution < 1.29 is 14.4 Å². The Bertz CT molecular complexity index is 763. The van der Waals surface area contributed by atoms with Crippen LogP contribution in [0.4, 0.5) is 0 Å². The molecule has 3 amide bonds. The van der Waals surface area contributed by atoms with E-state index in [-0.39, 0.29) is 24.1 Å². The van der Waals surface area contributed by atoms with Crippen LogP contribution >= 0.6 is 0 Å². The lowest BCUT2D eigenvalue weighted by molar-refractivity contribution is -0.136. The maximum atomic E-state index is 12.7. The van der Waals surface area contributed by atoms with Crippen LogP contribution in [0.2, 0.25) is 0 Å². The van der Waals surface area contributed by atoms with Crippen molar-refractivity contribution in [3.63, 3.8) is 0 Å². The molecule has 0 spiro atoms. The molecule has 0 aromatic heterocycles. The molecule has 3 aliphatic rings. The van der Waals surface area contributed by atoms with E-state index in [1.165, 1.54) is 0 Å². The number of rotatable bonds is 4. The second kappa shape index (κ2) is 6.81.